The zero-order chi connectivity index (χ0) is 10.3. The maximum atomic E-state index is 11.5. The van der Waals surface area contributed by atoms with Crippen LogP contribution in [0.5, 0.6) is 0 Å². The molecule has 0 fully saturated rings. The Morgan fingerprint density at radius 1 is 1.43 bits per heavy atom. The summed E-state index contributed by atoms with van der Waals surface area (Å²) in [6.45, 7) is 4.05. The van der Waals surface area contributed by atoms with Crippen molar-refractivity contribution < 1.29 is 9.53 Å². The van der Waals surface area contributed by atoms with Crippen LogP contribution in [0.3, 0.4) is 0 Å². The molecule has 0 radical (unpaired) electrons. The summed E-state index contributed by atoms with van der Waals surface area (Å²) in [5.41, 5.74) is 7.70. The van der Waals surface area contributed by atoms with Crippen molar-refractivity contribution in [1.29, 1.82) is 0 Å². The first-order chi connectivity index (χ1) is 6.61. The van der Waals surface area contributed by atoms with Crippen LogP contribution in [0.2, 0.25) is 0 Å². The molecule has 1 aromatic carbocycles. The molecule has 2 rings (SSSR count). The molecule has 0 saturated heterocycles. The molecular formula is C11H13NO2. The molecule has 0 aliphatic carbocycles. The molecule has 1 unspecified atom stereocenters. The van der Waals surface area contributed by atoms with E-state index in [-0.39, 0.29) is 18.0 Å². The van der Waals surface area contributed by atoms with Gasteiger partial charge in [-0.2, -0.15) is 0 Å². The van der Waals surface area contributed by atoms with Gasteiger partial charge in [0.1, 0.15) is 6.10 Å². The van der Waals surface area contributed by atoms with Gasteiger partial charge < -0.3 is 10.5 Å². The van der Waals surface area contributed by atoms with Crippen molar-refractivity contribution >= 4 is 11.7 Å². The second-order valence-electron chi connectivity index (χ2n) is 3.88. The zero-order valence-corrected chi connectivity index (χ0v) is 8.28. The number of rotatable bonds is 1. The predicted molar refractivity (Wildman–Crippen MR) is 53.8 cm³/mol. The third kappa shape index (κ3) is 1.16. The molecule has 1 aliphatic rings. The van der Waals surface area contributed by atoms with E-state index in [0.29, 0.717) is 11.3 Å². The Balaban J connectivity index is 2.55. The number of hydrogen-bond acceptors (Lipinski definition) is 3. The third-order valence-electron chi connectivity index (χ3n) is 2.48. The van der Waals surface area contributed by atoms with Gasteiger partial charge in [0.15, 0.2) is 0 Å². The summed E-state index contributed by atoms with van der Waals surface area (Å²) in [5, 5.41) is 0. The summed E-state index contributed by atoms with van der Waals surface area (Å²) in [6, 6.07) is 5.48. The Labute approximate surface area is 82.9 Å². The monoisotopic (exact) mass is 191 g/mol. The van der Waals surface area contributed by atoms with Crippen LogP contribution in [0, 0.1) is 5.92 Å². The van der Waals surface area contributed by atoms with E-state index < -0.39 is 0 Å². The van der Waals surface area contributed by atoms with Crippen molar-refractivity contribution in [3.63, 3.8) is 0 Å². The lowest BCUT2D eigenvalue weighted by atomic mass is 9.96. The first-order valence-electron chi connectivity index (χ1n) is 4.70. The van der Waals surface area contributed by atoms with Crippen LogP contribution in [0.1, 0.15) is 35.9 Å². The Bertz CT molecular complexity index is 385. The van der Waals surface area contributed by atoms with Gasteiger partial charge in [-0.05, 0) is 12.0 Å². The minimum atomic E-state index is -0.295. The molecular weight excluding hydrogens is 178 g/mol. The van der Waals surface area contributed by atoms with Gasteiger partial charge in [0, 0.05) is 11.3 Å². The highest BCUT2D eigenvalue weighted by atomic mass is 16.5. The molecule has 2 N–H and O–H groups in total. The van der Waals surface area contributed by atoms with E-state index in [2.05, 4.69) is 0 Å². The van der Waals surface area contributed by atoms with E-state index in [0.717, 1.165) is 5.56 Å². The lowest BCUT2D eigenvalue weighted by Gasteiger charge is -2.13. The zero-order valence-electron chi connectivity index (χ0n) is 8.28. The highest BCUT2D eigenvalue weighted by molar-refractivity contribution is 5.99. The number of nitrogen functional groups attached to an aromatic ring is 1. The number of ether oxygens (including phenoxy) is 1. The number of fused-ring (bicyclic) bond motifs is 1. The molecule has 1 aliphatic heterocycles. The minimum Gasteiger partial charge on any atom is -0.454 e. The van der Waals surface area contributed by atoms with Crippen molar-refractivity contribution in [2.75, 3.05) is 5.73 Å². The maximum absolute atomic E-state index is 11.5. The van der Waals surface area contributed by atoms with Gasteiger partial charge in [-0.15, -0.1) is 0 Å². The van der Waals surface area contributed by atoms with Crippen molar-refractivity contribution in [2.45, 2.75) is 20.0 Å². The number of esters is 1. The number of carbonyl (C=O) groups is 1. The van der Waals surface area contributed by atoms with Gasteiger partial charge in [-0.1, -0.05) is 26.0 Å². The van der Waals surface area contributed by atoms with Gasteiger partial charge in [0.05, 0.1) is 5.56 Å². The molecule has 74 valence electrons. The van der Waals surface area contributed by atoms with E-state index in [1.165, 1.54) is 0 Å². The lowest BCUT2D eigenvalue weighted by Crippen LogP contribution is -2.05. The first kappa shape index (κ1) is 9.06. The van der Waals surface area contributed by atoms with E-state index in [9.17, 15) is 4.79 Å². The van der Waals surface area contributed by atoms with Crippen molar-refractivity contribution in [1.82, 2.24) is 0 Å². The van der Waals surface area contributed by atoms with Gasteiger partial charge in [0.25, 0.3) is 0 Å². The summed E-state index contributed by atoms with van der Waals surface area (Å²) in [4.78, 5) is 11.5. The SMILES string of the molecule is CC(C)C1OC(=O)c2c(N)cccc21. The van der Waals surface area contributed by atoms with E-state index in [4.69, 9.17) is 10.5 Å². The van der Waals surface area contributed by atoms with Crippen LogP contribution in [0.4, 0.5) is 5.69 Å². The molecule has 0 aromatic heterocycles. The predicted octanol–water partition coefficient (Wildman–Crippen LogP) is 2.14. The van der Waals surface area contributed by atoms with Crippen LogP contribution in [-0.4, -0.2) is 5.97 Å². The summed E-state index contributed by atoms with van der Waals surface area (Å²) in [5.74, 6) is -0.0150. The van der Waals surface area contributed by atoms with Gasteiger partial charge in [-0.25, -0.2) is 4.79 Å². The maximum Gasteiger partial charge on any atom is 0.341 e. The number of nitrogens with two attached hydrogens (primary N) is 1. The van der Waals surface area contributed by atoms with Crippen LogP contribution >= 0.6 is 0 Å². The Morgan fingerprint density at radius 2 is 2.14 bits per heavy atom. The fourth-order valence-corrected chi connectivity index (χ4v) is 1.79. The molecule has 0 saturated carbocycles. The van der Waals surface area contributed by atoms with E-state index >= 15 is 0 Å². The molecule has 3 heteroatoms. The highest BCUT2D eigenvalue weighted by Crippen LogP contribution is 2.37. The summed E-state index contributed by atoms with van der Waals surface area (Å²) in [6.07, 6.45) is -0.138. The Morgan fingerprint density at radius 3 is 2.79 bits per heavy atom. The Hall–Kier alpha value is -1.51. The average Bonchev–Trinajstić information content (AvgIpc) is 2.45. The van der Waals surface area contributed by atoms with Crippen molar-refractivity contribution in [3.8, 4) is 0 Å². The summed E-state index contributed by atoms with van der Waals surface area (Å²) >= 11 is 0. The van der Waals surface area contributed by atoms with Gasteiger partial charge in [-0.3, -0.25) is 0 Å². The number of carbonyl (C=O) groups excluding carboxylic acids is 1. The second kappa shape index (κ2) is 3.01. The number of benzene rings is 1. The van der Waals surface area contributed by atoms with Gasteiger partial charge in [0.2, 0.25) is 0 Å². The standard InChI is InChI=1S/C11H13NO2/c1-6(2)10-7-4-3-5-8(12)9(7)11(13)14-10/h3-6,10H,12H2,1-2H3. The van der Waals surface area contributed by atoms with E-state index in [1.807, 2.05) is 26.0 Å². The molecule has 1 atom stereocenters. The fraction of sp³-hybridized carbons (Fsp3) is 0.364. The minimum absolute atomic E-state index is 0.138. The molecule has 1 aromatic rings. The highest BCUT2D eigenvalue weighted by Gasteiger charge is 2.34. The number of cyclic esters (lactones) is 1. The number of hydrogen-bond donors (Lipinski definition) is 1. The van der Waals surface area contributed by atoms with Crippen LogP contribution in [0.15, 0.2) is 18.2 Å². The number of anilines is 1. The topological polar surface area (TPSA) is 52.3 Å². The van der Waals surface area contributed by atoms with Crippen molar-refractivity contribution in [2.24, 2.45) is 5.92 Å². The van der Waals surface area contributed by atoms with E-state index in [1.54, 1.807) is 6.07 Å². The lowest BCUT2D eigenvalue weighted by molar-refractivity contribution is 0.0280. The molecule has 1 heterocycles. The third-order valence-corrected chi connectivity index (χ3v) is 2.48. The molecule has 14 heavy (non-hydrogen) atoms. The first-order valence-corrected chi connectivity index (χ1v) is 4.70. The molecule has 3 nitrogen and oxygen atoms in total. The molecule has 0 bridgehead atoms. The smallest absolute Gasteiger partial charge is 0.341 e. The average molecular weight is 191 g/mol. The Kier molecular flexibility index (Phi) is 1.95. The second-order valence-corrected chi connectivity index (χ2v) is 3.88. The van der Waals surface area contributed by atoms with Crippen molar-refractivity contribution in [3.05, 3.63) is 29.3 Å². The molecule has 0 spiro atoms. The quantitative estimate of drug-likeness (QED) is 0.546. The molecule has 0 amide bonds. The van der Waals surface area contributed by atoms with Crippen LogP contribution < -0.4 is 5.73 Å². The largest absolute Gasteiger partial charge is 0.454 e. The normalized spacial score (nSPS) is 19.6. The van der Waals surface area contributed by atoms with Gasteiger partial charge >= 0.3 is 5.97 Å². The van der Waals surface area contributed by atoms with Crippen LogP contribution in [-0.2, 0) is 4.74 Å². The summed E-state index contributed by atoms with van der Waals surface area (Å²) in [7, 11) is 0. The fourth-order valence-electron chi connectivity index (χ4n) is 1.79. The summed E-state index contributed by atoms with van der Waals surface area (Å²) < 4.78 is 5.26. The van der Waals surface area contributed by atoms with Crippen LogP contribution in [0.25, 0.3) is 0 Å².